The molecule has 2 aromatic heterocycles. The van der Waals surface area contributed by atoms with Crippen LogP contribution in [0.2, 0.25) is 0 Å². The summed E-state index contributed by atoms with van der Waals surface area (Å²) in [5, 5.41) is 7.97. The smallest absolute Gasteiger partial charge is 0.283 e. The van der Waals surface area contributed by atoms with Crippen molar-refractivity contribution in [1.29, 1.82) is 0 Å². The minimum atomic E-state index is -0.110. The standard InChI is InChI=1S/C20H25BrN4O/c1-12-15-8-14(20(15,2)3)9-16(12)24-17-10-23-25(19(26)18(17)21)11-13-4-6-22-7-5-13/h4-7,10,12,14-16,24H,8-9,11H2,1-3H3/t12-,14+,15+,16+/m0/s1. The molecule has 0 amide bonds. The summed E-state index contributed by atoms with van der Waals surface area (Å²) in [6, 6.07) is 4.19. The number of nitrogens with zero attached hydrogens (tertiary/aromatic N) is 3. The molecule has 1 N–H and O–H groups in total. The second kappa shape index (κ2) is 6.48. The van der Waals surface area contributed by atoms with Crippen LogP contribution in [0.1, 0.15) is 39.2 Å². The van der Waals surface area contributed by atoms with Crippen LogP contribution in [0.15, 0.2) is 40.0 Å². The molecule has 138 valence electrons. The molecule has 26 heavy (non-hydrogen) atoms. The topological polar surface area (TPSA) is 59.8 Å². The Morgan fingerprint density at radius 1 is 1.31 bits per heavy atom. The number of rotatable bonds is 4. The van der Waals surface area contributed by atoms with Crippen LogP contribution in [0.25, 0.3) is 0 Å². The van der Waals surface area contributed by atoms with Crippen molar-refractivity contribution in [2.24, 2.45) is 23.2 Å². The van der Waals surface area contributed by atoms with Gasteiger partial charge in [-0.1, -0.05) is 20.8 Å². The maximum absolute atomic E-state index is 12.7. The van der Waals surface area contributed by atoms with E-state index in [0.717, 1.165) is 29.5 Å². The highest BCUT2D eigenvalue weighted by Gasteiger charge is 2.56. The Morgan fingerprint density at radius 2 is 2.04 bits per heavy atom. The van der Waals surface area contributed by atoms with Crippen molar-refractivity contribution in [3.05, 3.63) is 51.1 Å². The number of anilines is 1. The molecule has 0 unspecified atom stereocenters. The van der Waals surface area contributed by atoms with Gasteiger partial charge in [0.05, 0.1) is 18.4 Å². The van der Waals surface area contributed by atoms with Crippen molar-refractivity contribution in [3.8, 4) is 0 Å². The van der Waals surface area contributed by atoms with Crippen molar-refractivity contribution < 1.29 is 0 Å². The monoisotopic (exact) mass is 416 g/mol. The average molecular weight is 417 g/mol. The quantitative estimate of drug-likeness (QED) is 0.819. The third-order valence-corrected chi connectivity index (χ3v) is 7.53. The number of fused-ring (bicyclic) bond motifs is 2. The summed E-state index contributed by atoms with van der Waals surface area (Å²) in [4.78, 5) is 16.7. The molecule has 5 nitrogen and oxygen atoms in total. The van der Waals surface area contributed by atoms with E-state index in [-0.39, 0.29) is 5.56 Å². The van der Waals surface area contributed by atoms with Crippen LogP contribution in [0.5, 0.6) is 0 Å². The number of pyridine rings is 1. The first-order valence-corrected chi connectivity index (χ1v) is 10.1. The summed E-state index contributed by atoms with van der Waals surface area (Å²) < 4.78 is 2.04. The minimum absolute atomic E-state index is 0.110. The molecular weight excluding hydrogens is 392 g/mol. The van der Waals surface area contributed by atoms with Crippen molar-refractivity contribution in [1.82, 2.24) is 14.8 Å². The molecule has 2 aromatic rings. The molecule has 3 fully saturated rings. The van der Waals surface area contributed by atoms with Crippen LogP contribution in [-0.4, -0.2) is 20.8 Å². The second-order valence-electron chi connectivity index (χ2n) is 8.40. The van der Waals surface area contributed by atoms with Crippen molar-refractivity contribution in [3.63, 3.8) is 0 Å². The molecule has 3 aliphatic carbocycles. The Kier molecular flexibility index (Phi) is 4.41. The Hall–Kier alpha value is -1.69. The Balaban J connectivity index is 1.52. The molecule has 5 rings (SSSR count). The van der Waals surface area contributed by atoms with Gasteiger partial charge in [0.25, 0.3) is 5.56 Å². The summed E-state index contributed by atoms with van der Waals surface area (Å²) in [5.74, 6) is 2.14. The molecule has 3 saturated carbocycles. The fraction of sp³-hybridized carbons (Fsp3) is 0.550. The lowest BCUT2D eigenvalue weighted by Crippen LogP contribution is -2.58. The minimum Gasteiger partial charge on any atom is -0.380 e. The molecular formula is C20H25BrN4O. The van der Waals surface area contributed by atoms with E-state index >= 15 is 0 Å². The summed E-state index contributed by atoms with van der Waals surface area (Å²) in [6.07, 6.45) is 7.73. The van der Waals surface area contributed by atoms with Crippen LogP contribution in [0.3, 0.4) is 0 Å². The van der Waals surface area contributed by atoms with Crippen LogP contribution >= 0.6 is 15.9 Å². The molecule has 0 aliphatic heterocycles. The van der Waals surface area contributed by atoms with Gasteiger partial charge < -0.3 is 5.32 Å². The predicted octanol–water partition coefficient (Wildman–Crippen LogP) is 3.93. The Bertz CT molecular complexity index is 864. The van der Waals surface area contributed by atoms with Crippen LogP contribution in [0, 0.1) is 23.2 Å². The van der Waals surface area contributed by atoms with Crippen molar-refractivity contribution in [2.45, 2.75) is 46.2 Å². The molecule has 0 spiro atoms. The first-order valence-electron chi connectivity index (χ1n) is 9.29. The van der Waals surface area contributed by atoms with Gasteiger partial charge in [-0.25, -0.2) is 4.68 Å². The molecule has 0 saturated heterocycles. The zero-order chi connectivity index (χ0) is 18.5. The molecule has 4 atom stereocenters. The number of hydrogen-bond acceptors (Lipinski definition) is 4. The maximum atomic E-state index is 12.7. The molecule has 0 radical (unpaired) electrons. The SMILES string of the molecule is C[C@H]1[C@H]2C[C@H](C[C@H]1Nc1cnn(Cc3ccncc3)c(=O)c1Br)C2(C)C. The third-order valence-electron chi connectivity index (χ3n) is 6.76. The van der Waals surface area contributed by atoms with Gasteiger partial charge in [0.1, 0.15) is 4.47 Å². The van der Waals surface area contributed by atoms with Crippen molar-refractivity contribution in [2.75, 3.05) is 5.32 Å². The zero-order valence-corrected chi connectivity index (χ0v) is 17.0. The van der Waals surface area contributed by atoms with Gasteiger partial charge in [-0.3, -0.25) is 9.78 Å². The summed E-state index contributed by atoms with van der Waals surface area (Å²) in [7, 11) is 0. The van der Waals surface area contributed by atoms with Crippen LogP contribution in [-0.2, 0) is 6.54 Å². The maximum Gasteiger partial charge on any atom is 0.283 e. The van der Waals surface area contributed by atoms with Gasteiger partial charge in [0, 0.05) is 18.4 Å². The van der Waals surface area contributed by atoms with Gasteiger partial charge in [-0.2, -0.15) is 5.10 Å². The number of halogens is 1. The fourth-order valence-corrected chi connectivity index (χ4v) is 5.30. The van der Waals surface area contributed by atoms with Gasteiger partial charge >= 0.3 is 0 Å². The fourth-order valence-electron chi connectivity index (χ4n) is 4.88. The van der Waals surface area contributed by atoms with Gasteiger partial charge in [0.15, 0.2) is 0 Å². The van der Waals surface area contributed by atoms with E-state index in [0.29, 0.717) is 28.4 Å². The van der Waals surface area contributed by atoms with Gasteiger partial charge in [-0.15, -0.1) is 0 Å². The summed E-state index contributed by atoms with van der Waals surface area (Å²) >= 11 is 3.49. The molecule has 2 heterocycles. The zero-order valence-electron chi connectivity index (χ0n) is 15.4. The van der Waals surface area contributed by atoms with Crippen LogP contribution in [0.4, 0.5) is 5.69 Å². The lowest BCUT2D eigenvalue weighted by atomic mass is 9.45. The average Bonchev–Trinajstić information content (AvgIpc) is 2.63. The van der Waals surface area contributed by atoms with Crippen molar-refractivity contribution >= 4 is 21.6 Å². The first-order chi connectivity index (χ1) is 12.4. The molecule has 2 bridgehead atoms. The second-order valence-corrected chi connectivity index (χ2v) is 9.19. The largest absolute Gasteiger partial charge is 0.380 e. The van der Waals surface area contributed by atoms with E-state index < -0.39 is 0 Å². The third kappa shape index (κ3) is 2.88. The highest BCUT2D eigenvalue weighted by molar-refractivity contribution is 9.10. The molecule has 6 heteroatoms. The summed E-state index contributed by atoms with van der Waals surface area (Å²) in [5.41, 5.74) is 2.16. The normalized spacial score (nSPS) is 29.1. The first kappa shape index (κ1) is 17.7. The van der Waals surface area contributed by atoms with E-state index in [1.165, 1.54) is 11.1 Å². The number of hydrogen-bond donors (Lipinski definition) is 1. The van der Waals surface area contributed by atoms with Gasteiger partial charge in [-0.05, 0) is 69.6 Å². The van der Waals surface area contributed by atoms with E-state index in [9.17, 15) is 4.79 Å². The Morgan fingerprint density at radius 3 is 2.69 bits per heavy atom. The Labute approximate surface area is 162 Å². The number of nitrogens with one attached hydrogen (secondary N) is 1. The predicted molar refractivity (Wildman–Crippen MR) is 106 cm³/mol. The molecule has 3 aliphatic rings. The molecule has 0 aromatic carbocycles. The van der Waals surface area contributed by atoms with Crippen LogP contribution < -0.4 is 10.9 Å². The highest BCUT2D eigenvalue weighted by atomic mass is 79.9. The lowest BCUT2D eigenvalue weighted by Gasteiger charge is -2.62. The van der Waals surface area contributed by atoms with Gasteiger partial charge in [0.2, 0.25) is 0 Å². The van der Waals surface area contributed by atoms with E-state index in [1.54, 1.807) is 18.6 Å². The van der Waals surface area contributed by atoms with E-state index in [2.05, 4.69) is 52.1 Å². The lowest BCUT2D eigenvalue weighted by molar-refractivity contribution is -0.105. The summed E-state index contributed by atoms with van der Waals surface area (Å²) in [6.45, 7) is 7.58. The van der Waals surface area contributed by atoms with E-state index in [4.69, 9.17) is 0 Å². The van der Waals surface area contributed by atoms with E-state index in [1.807, 2.05) is 12.1 Å². The highest BCUT2D eigenvalue weighted by Crippen LogP contribution is 2.61. The number of aromatic nitrogens is 3.